The van der Waals surface area contributed by atoms with E-state index < -0.39 is 0 Å². The van der Waals surface area contributed by atoms with Gasteiger partial charge in [-0.25, -0.2) is 0 Å². The van der Waals surface area contributed by atoms with E-state index in [0.717, 1.165) is 10.6 Å². The lowest BCUT2D eigenvalue weighted by molar-refractivity contribution is 0.416. The number of ether oxygens (including phenoxy) is 1. The quantitative estimate of drug-likeness (QED) is 0.607. The van der Waals surface area contributed by atoms with E-state index in [2.05, 4.69) is 5.38 Å². The Morgan fingerprint density at radius 1 is 1.89 bits per heavy atom. The summed E-state index contributed by atoms with van der Waals surface area (Å²) < 4.78 is 4.94. The first-order valence-corrected chi connectivity index (χ1v) is 3.29. The zero-order chi connectivity index (χ0) is 6.69. The largest absolute Gasteiger partial charge is 0.495 e. The molecule has 1 nitrogen and oxygen atoms in total. The summed E-state index contributed by atoms with van der Waals surface area (Å²) in [6, 6.07) is 1.77. The first kappa shape index (κ1) is 6.36. The molecule has 0 aliphatic carbocycles. The van der Waals surface area contributed by atoms with Crippen molar-refractivity contribution in [3.63, 3.8) is 0 Å². The van der Waals surface area contributed by atoms with Gasteiger partial charge in [-0.05, 0) is 6.08 Å². The molecule has 2 radical (unpaired) electrons. The number of rotatable bonds is 2. The predicted octanol–water partition coefficient (Wildman–Crippen LogP) is 2.00. The molecule has 0 bridgehead atoms. The third-order valence-electron chi connectivity index (χ3n) is 0.973. The summed E-state index contributed by atoms with van der Waals surface area (Å²) in [5.41, 5.74) is 0. The summed E-state index contributed by atoms with van der Waals surface area (Å²) >= 11 is 1.44. The van der Waals surface area contributed by atoms with Crippen LogP contribution in [0.4, 0.5) is 0 Å². The SMILES string of the molecule is [CH]=Cc1s[c]cc1OC. The van der Waals surface area contributed by atoms with Crippen LogP contribution in [0.15, 0.2) is 6.07 Å². The van der Waals surface area contributed by atoms with E-state index in [1.807, 2.05) is 0 Å². The molecule has 9 heavy (non-hydrogen) atoms. The highest BCUT2D eigenvalue weighted by atomic mass is 32.1. The van der Waals surface area contributed by atoms with Crippen molar-refractivity contribution in [2.24, 2.45) is 0 Å². The van der Waals surface area contributed by atoms with Crippen molar-refractivity contribution in [2.75, 3.05) is 7.11 Å². The normalized spacial score (nSPS) is 9.00. The van der Waals surface area contributed by atoms with Crippen molar-refractivity contribution in [3.8, 4) is 5.75 Å². The second-order valence-corrected chi connectivity index (χ2v) is 2.34. The lowest BCUT2D eigenvalue weighted by atomic mass is 10.4. The lowest BCUT2D eigenvalue weighted by Crippen LogP contribution is -1.79. The van der Waals surface area contributed by atoms with Gasteiger partial charge >= 0.3 is 0 Å². The molecule has 1 aromatic heterocycles. The van der Waals surface area contributed by atoms with Gasteiger partial charge in [0.25, 0.3) is 0 Å². The van der Waals surface area contributed by atoms with Crippen LogP contribution in [0.25, 0.3) is 6.08 Å². The Morgan fingerprint density at radius 2 is 2.67 bits per heavy atom. The zero-order valence-corrected chi connectivity index (χ0v) is 5.87. The molecule has 0 fully saturated rings. The smallest absolute Gasteiger partial charge is 0.137 e. The highest BCUT2D eigenvalue weighted by molar-refractivity contribution is 7.10. The van der Waals surface area contributed by atoms with Crippen LogP contribution < -0.4 is 4.74 Å². The molecule has 0 aliphatic heterocycles. The van der Waals surface area contributed by atoms with Gasteiger partial charge in [0.2, 0.25) is 0 Å². The first-order chi connectivity index (χ1) is 4.38. The molecule has 0 saturated heterocycles. The average Bonchev–Trinajstić information content (AvgIpc) is 2.33. The minimum atomic E-state index is 0.794. The van der Waals surface area contributed by atoms with Gasteiger partial charge in [0, 0.05) is 11.4 Å². The number of methoxy groups -OCH3 is 1. The van der Waals surface area contributed by atoms with Crippen LogP contribution in [0, 0.1) is 12.0 Å². The standard InChI is InChI=1S/C7H6OS/c1-3-7-6(8-2)4-5-9-7/h1,3-4H,2H3. The Bertz CT molecular complexity index is 202. The zero-order valence-electron chi connectivity index (χ0n) is 5.05. The fourth-order valence-corrected chi connectivity index (χ4v) is 1.15. The van der Waals surface area contributed by atoms with Crippen LogP contribution in [0.5, 0.6) is 5.75 Å². The van der Waals surface area contributed by atoms with Gasteiger partial charge in [0.05, 0.1) is 12.0 Å². The molecule has 2 heteroatoms. The van der Waals surface area contributed by atoms with Crippen LogP contribution in [0.2, 0.25) is 0 Å². The van der Waals surface area contributed by atoms with Crippen molar-refractivity contribution in [1.29, 1.82) is 0 Å². The minimum absolute atomic E-state index is 0.794. The van der Waals surface area contributed by atoms with Gasteiger partial charge in [-0.15, -0.1) is 11.3 Å². The molecular formula is C7H6OS. The third kappa shape index (κ3) is 1.13. The van der Waals surface area contributed by atoms with E-state index in [9.17, 15) is 0 Å². The number of thiophene rings is 1. The van der Waals surface area contributed by atoms with E-state index in [0.29, 0.717) is 0 Å². The topological polar surface area (TPSA) is 9.23 Å². The molecule has 0 amide bonds. The first-order valence-electron chi connectivity index (χ1n) is 2.47. The molecule has 1 rings (SSSR count). The number of hydrogen-bond acceptors (Lipinski definition) is 2. The van der Waals surface area contributed by atoms with Crippen molar-refractivity contribution in [1.82, 2.24) is 0 Å². The summed E-state index contributed by atoms with van der Waals surface area (Å²) in [5.74, 6) is 0.794. The fraction of sp³-hybridized carbons (Fsp3) is 0.143. The van der Waals surface area contributed by atoms with Crippen molar-refractivity contribution < 1.29 is 4.74 Å². The summed E-state index contributed by atoms with van der Waals surface area (Å²) in [6.07, 6.45) is 1.51. The third-order valence-corrected chi connectivity index (χ3v) is 1.77. The highest BCUT2D eigenvalue weighted by Gasteiger charge is 1.97. The van der Waals surface area contributed by atoms with Crippen LogP contribution in [0.1, 0.15) is 4.88 Å². The Morgan fingerprint density at radius 3 is 3.11 bits per heavy atom. The van der Waals surface area contributed by atoms with Gasteiger partial charge in [0.1, 0.15) is 5.75 Å². The molecule has 0 saturated carbocycles. The summed E-state index contributed by atoms with van der Waals surface area (Å²) in [5, 5.41) is 2.91. The second kappa shape index (κ2) is 2.69. The van der Waals surface area contributed by atoms with Crippen molar-refractivity contribution >= 4 is 17.4 Å². The van der Waals surface area contributed by atoms with Crippen LogP contribution >= 0.6 is 11.3 Å². The molecule has 46 valence electrons. The van der Waals surface area contributed by atoms with Gasteiger partial charge in [-0.2, -0.15) is 0 Å². The van der Waals surface area contributed by atoms with E-state index in [1.165, 1.54) is 17.4 Å². The molecule has 1 aromatic rings. The Balaban J connectivity index is 2.98. The molecule has 0 aromatic carbocycles. The molecular weight excluding hydrogens is 132 g/mol. The van der Waals surface area contributed by atoms with Crippen molar-refractivity contribution in [3.05, 3.63) is 22.9 Å². The molecule has 0 atom stereocenters. The van der Waals surface area contributed by atoms with Crippen LogP contribution in [0.3, 0.4) is 0 Å². The Kier molecular flexibility index (Phi) is 1.90. The van der Waals surface area contributed by atoms with Gasteiger partial charge in [-0.1, -0.05) is 6.58 Å². The second-order valence-electron chi connectivity index (χ2n) is 1.46. The van der Waals surface area contributed by atoms with E-state index in [1.54, 1.807) is 13.2 Å². The fourth-order valence-electron chi connectivity index (χ4n) is 0.544. The van der Waals surface area contributed by atoms with Crippen LogP contribution in [-0.4, -0.2) is 7.11 Å². The Hall–Kier alpha value is -0.760. The maximum atomic E-state index is 5.26. The van der Waals surface area contributed by atoms with Crippen molar-refractivity contribution in [2.45, 2.75) is 0 Å². The molecule has 0 aliphatic rings. The summed E-state index contributed by atoms with van der Waals surface area (Å²) in [4.78, 5) is 0.928. The molecule has 0 N–H and O–H groups in total. The maximum Gasteiger partial charge on any atom is 0.137 e. The van der Waals surface area contributed by atoms with E-state index >= 15 is 0 Å². The minimum Gasteiger partial charge on any atom is -0.495 e. The van der Waals surface area contributed by atoms with Crippen LogP contribution in [-0.2, 0) is 0 Å². The molecule has 0 spiro atoms. The lowest BCUT2D eigenvalue weighted by Gasteiger charge is -1.93. The molecule has 1 heterocycles. The van der Waals surface area contributed by atoms with Gasteiger partial charge < -0.3 is 4.74 Å². The predicted molar refractivity (Wildman–Crippen MR) is 38.5 cm³/mol. The monoisotopic (exact) mass is 138 g/mol. The summed E-state index contributed by atoms with van der Waals surface area (Å²) in [6.45, 7) is 5.26. The number of hydrogen-bond donors (Lipinski definition) is 0. The Labute approximate surface area is 58.6 Å². The van der Waals surface area contributed by atoms with Gasteiger partial charge in [0.15, 0.2) is 0 Å². The van der Waals surface area contributed by atoms with E-state index in [4.69, 9.17) is 11.3 Å². The van der Waals surface area contributed by atoms with E-state index in [-0.39, 0.29) is 0 Å². The maximum absolute atomic E-state index is 5.26. The van der Waals surface area contributed by atoms with Gasteiger partial charge in [-0.3, -0.25) is 0 Å². The average molecular weight is 138 g/mol. The summed E-state index contributed by atoms with van der Waals surface area (Å²) in [7, 11) is 1.61. The highest BCUT2D eigenvalue weighted by Crippen LogP contribution is 2.23. The molecule has 0 unspecified atom stereocenters.